The largest absolute Gasteiger partial charge is 0.390 e. The number of nitro groups is 1. The van der Waals surface area contributed by atoms with Crippen molar-refractivity contribution in [1.82, 2.24) is 15.1 Å². The van der Waals surface area contributed by atoms with Gasteiger partial charge in [-0.2, -0.15) is 5.10 Å². The third-order valence-corrected chi connectivity index (χ3v) is 3.99. The van der Waals surface area contributed by atoms with E-state index in [9.17, 15) is 15.2 Å². The standard InChI is InChI=1S/C17H24N4O3/c1-12(2)17(16-7-5-4-6-13(16)3)18-9-15(22)11-20-10-14(8-19-20)21(23)24/h4-8,10,12,15,17-18,22H,9,11H2,1-3H3. The Kier molecular flexibility index (Phi) is 6.05. The van der Waals surface area contributed by atoms with E-state index in [1.165, 1.54) is 28.2 Å². The maximum absolute atomic E-state index is 10.7. The summed E-state index contributed by atoms with van der Waals surface area (Å²) in [5.41, 5.74) is 2.35. The van der Waals surface area contributed by atoms with E-state index in [4.69, 9.17) is 0 Å². The van der Waals surface area contributed by atoms with Crippen molar-refractivity contribution in [2.24, 2.45) is 5.92 Å². The van der Waals surface area contributed by atoms with Gasteiger partial charge in [-0.15, -0.1) is 0 Å². The van der Waals surface area contributed by atoms with E-state index in [0.29, 0.717) is 12.5 Å². The summed E-state index contributed by atoms with van der Waals surface area (Å²) in [5, 5.41) is 28.2. The molecule has 2 unspecified atom stereocenters. The number of nitrogens with zero attached hydrogens (tertiary/aromatic N) is 3. The molecule has 0 bridgehead atoms. The van der Waals surface area contributed by atoms with Gasteiger partial charge in [-0.3, -0.25) is 14.8 Å². The highest BCUT2D eigenvalue weighted by molar-refractivity contribution is 5.29. The Morgan fingerprint density at radius 3 is 2.67 bits per heavy atom. The molecule has 1 heterocycles. The Labute approximate surface area is 141 Å². The molecule has 2 N–H and O–H groups in total. The second-order valence-corrected chi connectivity index (χ2v) is 6.32. The van der Waals surface area contributed by atoms with Gasteiger partial charge in [0.2, 0.25) is 0 Å². The fraction of sp³-hybridized carbons (Fsp3) is 0.471. The molecule has 0 amide bonds. The molecule has 0 aliphatic carbocycles. The highest BCUT2D eigenvalue weighted by atomic mass is 16.6. The molecule has 0 fully saturated rings. The van der Waals surface area contributed by atoms with E-state index in [-0.39, 0.29) is 18.3 Å². The molecular formula is C17H24N4O3. The third-order valence-electron chi connectivity index (χ3n) is 3.99. The van der Waals surface area contributed by atoms with E-state index in [2.05, 4.69) is 43.3 Å². The van der Waals surface area contributed by atoms with Crippen molar-refractivity contribution in [3.63, 3.8) is 0 Å². The predicted octanol–water partition coefficient (Wildman–Crippen LogP) is 2.45. The maximum Gasteiger partial charge on any atom is 0.306 e. The number of benzene rings is 1. The second kappa shape index (κ2) is 8.03. The summed E-state index contributed by atoms with van der Waals surface area (Å²) in [6.07, 6.45) is 1.82. The number of aliphatic hydroxyl groups is 1. The highest BCUT2D eigenvalue weighted by Gasteiger charge is 2.19. The lowest BCUT2D eigenvalue weighted by atomic mass is 9.92. The van der Waals surface area contributed by atoms with Crippen LogP contribution >= 0.6 is 0 Å². The SMILES string of the molecule is Cc1ccccc1C(NCC(O)Cn1cc([N+](=O)[O-])cn1)C(C)C. The Balaban J connectivity index is 1.96. The normalized spacial score (nSPS) is 13.9. The van der Waals surface area contributed by atoms with Crippen LogP contribution in [0.4, 0.5) is 5.69 Å². The van der Waals surface area contributed by atoms with Crippen LogP contribution in [-0.4, -0.2) is 32.5 Å². The number of hydrogen-bond acceptors (Lipinski definition) is 5. The Hall–Kier alpha value is -2.25. The van der Waals surface area contributed by atoms with Gasteiger partial charge < -0.3 is 10.4 Å². The number of aliphatic hydroxyl groups excluding tert-OH is 1. The summed E-state index contributed by atoms with van der Waals surface area (Å²) in [6, 6.07) is 8.32. The molecule has 7 heteroatoms. The van der Waals surface area contributed by atoms with Gasteiger partial charge in [0.25, 0.3) is 0 Å². The Bertz CT molecular complexity index is 684. The molecule has 0 radical (unpaired) electrons. The van der Waals surface area contributed by atoms with Gasteiger partial charge in [-0.25, -0.2) is 0 Å². The van der Waals surface area contributed by atoms with E-state index in [1.54, 1.807) is 0 Å². The fourth-order valence-corrected chi connectivity index (χ4v) is 2.73. The molecule has 1 aromatic heterocycles. The first-order chi connectivity index (χ1) is 11.4. The molecule has 2 aromatic rings. The summed E-state index contributed by atoms with van der Waals surface area (Å²) < 4.78 is 1.39. The Morgan fingerprint density at radius 2 is 2.08 bits per heavy atom. The second-order valence-electron chi connectivity index (χ2n) is 6.32. The molecular weight excluding hydrogens is 308 g/mol. The zero-order valence-corrected chi connectivity index (χ0v) is 14.2. The van der Waals surface area contributed by atoms with Crippen molar-refractivity contribution in [3.05, 3.63) is 57.9 Å². The first-order valence-corrected chi connectivity index (χ1v) is 8.02. The van der Waals surface area contributed by atoms with Crippen molar-refractivity contribution < 1.29 is 10.0 Å². The van der Waals surface area contributed by atoms with Crippen LogP contribution in [0.2, 0.25) is 0 Å². The van der Waals surface area contributed by atoms with Crippen molar-refractivity contribution in [1.29, 1.82) is 0 Å². The minimum atomic E-state index is -0.685. The summed E-state index contributed by atoms with van der Waals surface area (Å²) >= 11 is 0. The molecule has 0 aliphatic rings. The summed E-state index contributed by atoms with van der Waals surface area (Å²) in [7, 11) is 0. The van der Waals surface area contributed by atoms with Crippen molar-refractivity contribution in [2.45, 2.75) is 39.5 Å². The molecule has 0 saturated heterocycles. The van der Waals surface area contributed by atoms with Crippen molar-refractivity contribution >= 4 is 5.69 Å². The van der Waals surface area contributed by atoms with E-state index in [1.807, 2.05) is 12.1 Å². The molecule has 7 nitrogen and oxygen atoms in total. The fourth-order valence-electron chi connectivity index (χ4n) is 2.73. The molecule has 2 rings (SSSR count). The number of aryl methyl sites for hydroxylation is 1. The van der Waals surface area contributed by atoms with Crippen LogP contribution in [0, 0.1) is 23.0 Å². The molecule has 0 spiro atoms. The van der Waals surface area contributed by atoms with Gasteiger partial charge in [0.1, 0.15) is 12.4 Å². The maximum atomic E-state index is 10.7. The minimum Gasteiger partial charge on any atom is -0.390 e. The molecule has 130 valence electrons. The molecule has 0 saturated carbocycles. The van der Waals surface area contributed by atoms with Gasteiger partial charge in [0.15, 0.2) is 0 Å². The molecule has 2 atom stereocenters. The van der Waals surface area contributed by atoms with Gasteiger partial charge in [0.05, 0.1) is 17.6 Å². The van der Waals surface area contributed by atoms with Gasteiger partial charge in [-0.05, 0) is 24.0 Å². The predicted molar refractivity (Wildman–Crippen MR) is 91.6 cm³/mol. The van der Waals surface area contributed by atoms with Crippen LogP contribution in [0.1, 0.15) is 31.0 Å². The zero-order valence-electron chi connectivity index (χ0n) is 14.2. The van der Waals surface area contributed by atoms with E-state index in [0.717, 1.165) is 0 Å². The molecule has 1 aromatic carbocycles. The quantitative estimate of drug-likeness (QED) is 0.572. The van der Waals surface area contributed by atoms with Crippen LogP contribution in [-0.2, 0) is 6.54 Å². The van der Waals surface area contributed by atoms with Gasteiger partial charge in [0, 0.05) is 12.6 Å². The smallest absolute Gasteiger partial charge is 0.306 e. The third kappa shape index (κ3) is 4.62. The number of rotatable bonds is 8. The monoisotopic (exact) mass is 332 g/mol. The van der Waals surface area contributed by atoms with Crippen LogP contribution < -0.4 is 5.32 Å². The zero-order chi connectivity index (χ0) is 17.7. The lowest BCUT2D eigenvalue weighted by molar-refractivity contribution is -0.385. The average molecular weight is 332 g/mol. The summed E-state index contributed by atoms with van der Waals surface area (Å²) in [6.45, 7) is 6.93. The lowest BCUT2D eigenvalue weighted by Gasteiger charge is -2.26. The first-order valence-electron chi connectivity index (χ1n) is 8.02. The first kappa shape index (κ1) is 18.1. The minimum absolute atomic E-state index is 0.0740. The lowest BCUT2D eigenvalue weighted by Crippen LogP contribution is -2.35. The van der Waals surface area contributed by atoms with Crippen LogP contribution in [0.5, 0.6) is 0 Å². The van der Waals surface area contributed by atoms with Gasteiger partial charge in [-0.1, -0.05) is 38.1 Å². The molecule has 0 aliphatic heterocycles. The van der Waals surface area contributed by atoms with E-state index < -0.39 is 11.0 Å². The van der Waals surface area contributed by atoms with Crippen molar-refractivity contribution in [3.8, 4) is 0 Å². The summed E-state index contributed by atoms with van der Waals surface area (Å²) in [5.74, 6) is 0.365. The highest BCUT2D eigenvalue weighted by Crippen LogP contribution is 2.24. The van der Waals surface area contributed by atoms with E-state index >= 15 is 0 Å². The number of nitrogens with one attached hydrogen (secondary N) is 1. The van der Waals surface area contributed by atoms with Crippen LogP contribution in [0.15, 0.2) is 36.7 Å². The number of aromatic nitrogens is 2. The summed E-state index contributed by atoms with van der Waals surface area (Å²) in [4.78, 5) is 10.2. The average Bonchev–Trinajstić information content (AvgIpc) is 2.97. The topological polar surface area (TPSA) is 93.2 Å². The van der Waals surface area contributed by atoms with Crippen LogP contribution in [0.25, 0.3) is 0 Å². The molecule has 24 heavy (non-hydrogen) atoms. The van der Waals surface area contributed by atoms with Crippen LogP contribution in [0.3, 0.4) is 0 Å². The number of hydrogen-bond donors (Lipinski definition) is 2. The van der Waals surface area contributed by atoms with Gasteiger partial charge >= 0.3 is 5.69 Å². The Morgan fingerprint density at radius 1 is 1.38 bits per heavy atom. The van der Waals surface area contributed by atoms with Crippen molar-refractivity contribution in [2.75, 3.05) is 6.54 Å².